The Hall–Kier alpha value is -0.730. The second-order valence-electron chi connectivity index (χ2n) is 4.97. The fourth-order valence-electron chi connectivity index (χ4n) is 1.55. The minimum Gasteiger partial charge on any atom is -0.356 e. The van der Waals surface area contributed by atoms with Crippen LogP contribution in [-0.2, 0) is 11.3 Å². The number of halogens is 3. The summed E-state index contributed by atoms with van der Waals surface area (Å²) in [7, 11) is 3.43. The third-order valence-electron chi connectivity index (χ3n) is 2.87. The van der Waals surface area contributed by atoms with Gasteiger partial charge in [-0.2, -0.15) is 0 Å². The van der Waals surface area contributed by atoms with Gasteiger partial charge in [0.2, 0.25) is 5.91 Å². The Morgan fingerprint density at radius 3 is 2.52 bits per heavy atom. The number of benzene rings is 1. The van der Waals surface area contributed by atoms with Crippen LogP contribution >= 0.6 is 47.2 Å². The Balaban J connectivity index is 0.00000484. The molecular weight excluding hydrogens is 450 g/mol. The third-order valence-corrected chi connectivity index (χ3v) is 3.46. The van der Waals surface area contributed by atoms with Crippen LogP contribution in [0.25, 0.3) is 0 Å². The second-order valence-corrected chi connectivity index (χ2v) is 5.81. The maximum Gasteiger partial charge on any atom is 0.241 e. The number of guanidine groups is 1. The molecule has 1 amide bonds. The number of hydrogen-bond donors (Lipinski definition) is 2. The van der Waals surface area contributed by atoms with Gasteiger partial charge in [0.25, 0.3) is 0 Å². The largest absolute Gasteiger partial charge is 0.356 e. The van der Waals surface area contributed by atoms with Crippen molar-refractivity contribution in [3.05, 3.63) is 33.8 Å². The molecular formula is C15H23Cl2IN4O. The van der Waals surface area contributed by atoms with E-state index in [1.165, 1.54) is 4.90 Å². The lowest BCUT2D eigenvalue weighted by atomic mass is 10.2. The van der Waals surface area contributed by atoms with Gasteiger partial charge in [-0.1, -0.05) is 36.2 Å². The van der Waals surface area contributed by atoms with Gasteiger partial charge in [-0.3, -0.25) is 4.79 Å². The smallest absolute Gasteiger partial charge is 0.241 e. The first-order chi connectivity index (χ1) is 10.4. The quantitative estimate of drug-likeness (QED) is 0.380. The van der Waals surface area contributed by atoms with Crippen molar-refractivity contribution in [2.75, 3.05) is 27.2 Å². The van der Waals surface area contributed by atoms with Crippen LogP contribution in [0.1, 0.15) is 18.9 Å². The third kappa shape index (κ3) is 8.62. The molecule has 0 aliphatic carbocycles. The molecule has 0 aromatic heterocycles. The molecule has 0 heterocycles. The Kier molecular flexibility index (Phi) is 11.4. The number of rotatable bonds is 6. The Bertz CT molecular complexity index is 538. The molecule has 130 valence electrons. The van der Waals surface area contributed by atoms with Crippen molar-refractivity contribution in [2.45, 2.75) is 19.9 Å². The van der Waals surface area contributed by atoms with Gasteiger partial charge in [0.15, 0.2) is 5.96 Å². The van der Waals surface area contributed by atoms with E-state index >= 15 is 0 Å². The topological polar surface area (TPSA) is 56.7 Å². The molecule has 23 heavy (non-hydrogen) atoms. The zero-order valence-corrected chi connectivity index (χ0v) is 17.4. The van der Waals surface area contributed by atoms with Gasteiger partial charge in [-0.05, 0) is 24.1 Å². The average molecular weight is 473 g/mol. The van der Waals surface area contributed by atoms with Crippen LogP contribution in [-0.4, -0.2) is 44.0 Å². The van der Waals surface area contributed by atoms with Crippen molar-refractivity contribution in [1.29, 1.82) is 0 Å². The van der Waals surface area contributed by atoms with Crippen molar-refractivity contribution in [3.63, 3.8) is 0 Å². The summed E-state index contributed by atoms with van der Waals surface area (Å²) in [4.78, 5) is 17.6. The monoisotopic (exact) mass is 472 g/mol. The first kappa shape index (κ1) is 22.3. The fraction of sp³-hybridized carbons (Fsp3) is 0.467. The van der Waals surface area contributed by atoms with Crippen molar-refractivity contribution in [2.24, 2.45) is 4.99 Å². The summed E-state index contributed by atoms with van der Waals surface area (Å²) in [5.74, 6) is 0.568. The highest BCUT2D eigenvalue weighted by molar-refractivity contribution is 14.0. The van der Waals surface area contributed by atoms with E-state index in [-0.39, 0.29) is 36.4 Å². The molecule has 2 N–H and O–H groups in total. The lowest BCUT2D eigenvalue weighted by Crippen LogP contribution is -2.43. The number of likely N-dealkylation sites (N-methyl/N-ethyl adjacent to an activating group) is 1. The lowest BCUT2D eigenvalue weighted by molar-refractivity contribution is -0.127. The van der Waals surface area contributed by atoms with Crippen LogP contribution in [0.3, 0.4) is 0 Å². The highest BCUT2D eigenvalue weighted by atomic mass is 127. The molecule has 0 spiro atoms. The molecule has 1 aromatic rings. The Labute approximate surface area is 164 Å². The summed E-state index contributed by atoms with van der Waals surface area (Å²) in [6.45, 7) is 3.43. The van der Waals surface area contributed by atoms with E-state index < -0.39 is 0 Å². The number of carbonyl (C=O) groups excluding carboxylic acids is 1. The standard InChI is InChI=1S/C15H22Cl2N4O.HI/c1-4-7-18-15(20-10-14(22)21(2)3)19-9-11-5-6-12(16)8-13(11)17;/h5-6,8H,4,7,9-10H2,1-3H3,(H2,18,19,20);1H. The number of amides is 1. The molecule has 5 nitrogen and oxygen atoms in total. The van der Waals surface area contributed by atoms with E-state index in [0.29, 0.717) is 22.5 Å². The van der Waals surface area contributed by atoms with Crippen molar-refractivity contribution in [1.82, 2.24) is 15.5 Å². The van der Waals surface area contributed by atoms with Crippen LogP contribution < -0.4 is 10.6 Å². The van der Waals surface area contributed by atoms with Gasteiger partial charge in [-0.25, -0.2) is 4.99 Å². The van der Waals surface area contributed by atoms with Gasteiger partial charge in [0, 0.05) is 30.7 Å². The predicted octanol–water partition coefficient (Wildman–Crippen LogP) is 3.14. The maximum atomic E-state index is 11.6. The summed E-state index contributed by atoms with van der Waals surface area (Å²) in [5, 5.41) is 7.35. The van der Waals surface area contributed by atoms with E-state index in [1.54, 1.807) is 26.2 Å². The minimum atomic E-state index is -0.0180. The summed E-state index contributed by atoms with van der Waals surface area (Å²) in [6, 6.07) is 5.31. The molecule has 0 unspecified atom stereocenters. The van der Waals surface area contributed by atoms with Gasteiger partial charge in [0.1, 0.15) is 0 Å². The van der Waals surface area contributed by atoms with Crippen LogP contribution in [0.5, 0.6) is 0 Å². The molecule has 0 aliphatic heterocycles. The molecule has 0 radical (unpaired) electrons. The van der Waals surface area contributed by atoms with Gasteiger partial charge >= 0.3 is 0 Å². The average Bonchev–Trinajstić information content (AvgIpc) is 2.47. The Morgan fingerprint density at radius 1 is 1.26 bits per heavy atom. The SMILES string of the molecule is CCCNC(=NCc1ccc(Cl)cc1Cl)NCC(=O)N(C)C.I. The molecule has 0 saturated carbocycles. The number of nitrogens with one attached hydrogen (secondary N) is 2. The van der Waals surface area contributed by atoms with Crippen LogP contribution in [0.2, 0.25) is 10.0 Å². The van der Waals surface area contributed by atoms with E-state index in [4.69, 9.17) is 23.2 Å². The van der Waals surface area contributed by atoms with E-state index in [2.05, 4.69) is 22.5 Å². The highest BCUT2D eigenvalue weighted by Crippen LogP contribution is 2.21. The fourth-order valence-corrected chi connectivity index (χ4v) is 2.02. The first-order valence-electron chi connectivity index (χ1n) is 7.10. The van der Waals surface area contributed by atoms with Crippen molar-refractivity contribution >= 4 is 59.0 Å². The molecule has 0 aliphatic rings. The number of hydrogen-bond acceptors (Lipinski definition) is 2. The van der Waals surface area contributed by atoms with Crippen molar-refractivity contribution in [3.8, 4) is 0 Å². The minimum absolute atomic E-state index is 0. The molecule has 0 fully saturated rings. The summed E-state index contributed by atoms with van der Waals surface area (Å²) in [6.07, 6.45) is 0.962. The van der Waals surface area contributed by atoms with Crippen LogP contribution in [0.15, 0.2) is 23.2 Å². The highest BCUT2D eigenvalue weighted by Gasteiger charge is 2.06. The summed E-state index contributed by atoms with van der Waals surface area (Å²) >= 11 is 12.0. The Morgan fingerprint density at radius 2 is 1.96 bits per heavy atom. The summed E-state index contributed by atoms with van der Waals surface area (Å²) in [5.41, 5.74) is 0.877. The molecule has 8 heteroatoms. The molecule has 1 aromatic carbocycles. The lowest BCUT2D eigenvalue weighted by Gasteiger charge is -2.14. The van der Waals surface area contributed by atoms with Crippen LogP contribution in [0.4, 0.5) is 0 Å². The van der Waals surface area contributed by atoms with Gasteiger partial charge < -0.3 is 15.5 Å². The predicted molar refractivity (Wildman–Crippen MR) is 108 cm³/mol. The number of carbonyl (C=O) groups is 1. The molecule has 1 rings (SSSR count). The summed E-state index contributed by atoms with van der Waals surface area (Å²) < 4.78 is 0. The maximum absolute atomic E-state index is 11.6. The molecule has 0 saturated heterocycles. The first-order valence-corrected chi connectivity index (χ1v) is 7.86. The number of nitrogens with zero attached hydrogens (tertiary/aromatic N) is 2. The van der Waals surface area contributed by atoms with Gasteiger partial charge in [-0.15, -0.1) is 24.0 Å². The zero-order valence-electron chi connectivity index (χ0n) is 13.5. The van der Waals surface area contributed by atoms with E-state index in [9.17, 15) is 4.79 Å². The molecule has 0 bridgehead atoms. The molecule has 0 atom stereocenters. The zero-order chi connectivity index (χ0) is 16.5. The van der Waals surface area contributed by atoms with E-state index in [0.717, 1.165) is 18.5 Å². The van der Waals surface area contributed by atoms with E-state index in [1.807, 2.05) is 6.07 Å². The second kappa shape index (κ2) is 11.8. The van der Waals surface area contributed by atoms with Crippen molar-refractivity contribution < 1.29 is 4.79 Å². The normalized spacial score (nSPS) is 10.7. The van der Waals surface area contributed by atoms with Gasteiger partial charge in [0.05, 0.1) is 13.1 Å². The van der Waals surface area contributed by atoms with Crippen LogP contribution in [0, 0.1) is 0 Å². The number of aliphatic imine (C=N–C) groups is 1.